The van der Waals surface area contributed by atoms with Crippen molar-refractivity contribution in [3.05, 3.63) is 94.8 Å². The minimum Gasteiger partial charge on any atom is -0.348 e. The molecule has 0 bridgehead atoms. The van der Waals surface area contributed by atoms with E-state index in [0.29, 0.717) is 42.2 Å². The van der Waals surface area contributed by atoms with Crippen LogP contribution in [0.3, 0.4) is 0 Å². The van der Waals surface area contributed by atoms with E-state index in [1.54, 1.807) is 30.2 Å². The van der Waals surface area contributed by atoms with Crippen LogP contribution in [0, 0.1) is 12.7 Å². The predicted octanol–water partition coefficient (Wildman–Crippen LogP) is 4.15. The highest BCUT2D eigenvalue weighted by molar-refractivity contribution is 5.95. The van der Waals surface area contributed by atoms with Gasteiger partial charge in [0.15, 0.2) is 0 Å². The maximum absolute atomic E-state index is 13.6. The fraction of sp³-hybridized carbons (Fsp3) is 0.308. The van der Waals surface area contributed by atoms with E-state index < -0.39 is 0 Å². The van der Waals surface area contributed by atoms with E-state index >= 15 is 0 Å². The number of halogens is 1. The molecule has 1 saturated heterocycles. The van der Waals surface area contributed by atoms with Gasteiger partial charge in [-0.15, -0.1) is 0 Å². The third-order valence-electron chi connectivity index (χ3n) is 5.86. The Bertz CT molecular complexity index is 1140. The quantitative estimate of drug-likeness (QED) is 0.617. The smallest absolute Gasteiger partial charge is 0.255 e. The van der Waals surface area contributed by atoms with Gasteiger partial charge in [0.2, 0.25) is 5.91 Å². The number of likely N-dealkylation sites (tertiary alicyclic amines) is 1. The SMILES string of the molecule is Cc1ncc(C(=O)NCc2ccccc2)c([C@@H]2CCCCN2C(=O)Cc2cccc(F)c2)n1. The van der Waals surface area contributed by atoms with Crippen LogP contribution in [-0.2, 0) is 17.8 Å². The first-order chi connectivity index (χ1) is 16.0. The maximum Gasteiger partial charge on any atom is 0.255 e. The summed E-state index contributed by atoms with van der Waals surface area (Å²) in [5.74, 6) is -0.179. The van der Waals surface area contributed by atoms with Crippen LogP contribution in [0.2, 0.25) is 0 Å². The topological polar surface area (TPSA) is 75.2 Å². The van der Waals surface area contributed by atoms with Gasteiger partial charge in [-0.25, -0.2) is 14.4 Å². The number of nitrogens with zero attached hydrogens (tertiary/aromatic N) is 3. The van der Waals surface area contributed by atoms with Gasteiger partial charge in [-0.1, -0.05) is 42.5 Å². The minimum absolute atomic E-state index is 0.0998. The van der Waals surface area contributed by atoms with Crippen LogP contribution in [0.5, 0.6) is 0 Å². The summed E-state index contributed by atoms with van der Waals surface area (Å²) >= 11 is 0. The normalized spacial score (nSPS) is 15.8. The summed E-state index contributed by atoms with van der Waals surface area (Å²) in [5, 5.41) is 2.94. The van der Waals surface area contributed by atoms with Crippen LogP contribution in [0.1, 0.15) is 58.3 Å². The highest BCUT2D eigenvalue weighted by atomic mass is 19.1. The zero-order chi connectivity index (χ0) is 23.2. The van der Waals surface area contributed by atoms with Gasteiger partial charge in [0.05, 0.1) is 23.7 Å². The number of nitrogens with one attached hydrogen (secondary N) is 1. The molecular formula is C26H27FN4O2. The highest BCUT2D eigenvalue weighted by Crippen LogP contribution is 2.32. The third kappa shape index (κ3) is 5.61. The van der Waals surface area contributed by atoms with Crippen molar-refractivity contribution in [3.63, 3.8) is 0 Å². The summed E-state index contributed by atoms with van der Waals surface area (Å²) in [6.45, 7) is 2.74. The Hall–Kier alpha value is -3.61. The summed E-state index contributed by atoms with van der Waals surface area (Å²) in [4.78, 5) is 36.9. The van der Waals surface area contributed by atoms with Crippen LogP contribution in [-0.4, -0.2) is 33.2 Å². The van der Waals surface area contributed by atoms with Crippen LogP contribution in [0.25, 0.3) is 0 Å². The molecule has 1 fully saturated rings. The molecule has 0 saturated carbocycles. The van der Waals surface area contributed by atoms with E-state index in [1.807, 2.05) is 30.3 Å². The molecule has 2 aromatic carbocycles. The Morgan fingerprint density at radius 3 is 2.67 bits per heavy atom. The molecule has 4 rings (SSSR count). The molecular weight excluding hydrogens is 419 g/mol. The number of amides is 2. The second-order valence-electron chi connectivity index (χ2n) is 8.29. The molecule has 0 aliphatic carbocycles. The monoisotopic (exact) mass is 446 g/mol. The fourth-order valence-corrected chi connectivity index (χ4v) is 4.23. The molecule has 6 nitrogen and oxygen atoms in total. The van der Waals surface area contributed by atoms with Gasteiger partial charge in [0.25, 0.3) is 5.91 Å². The molecule has 1 aliphatic rings. The van der Waals surface area contributed by atoms with Crippen molar-refractivity contribution in [1.82, 2.24) is 20.2 Å². The lowest BCUT2D eigenvalue weighted by molar-refractivity contribution is -0.134. The number of carbonyl (C=O) groups excluding carboxylic acids is 2. The van der Waals surface area contributed by atoms with Crippen LogP contribution < -0.4 is 5.32 Å². The highest BCUT2D eigenvalue weighted by Gasteiger charge is 2.32. The van der Waals surface area contributed by atoms with Gasteiger partial charge in [-0.3, -0.25) is 9.59 Å². The van der Waals surface area contributed by atoms with Gasteiger partial charge in [-0.05, 0) is 49.4 Å². The van der Waals surface area contributed by atoms with Crippen molar-refractivity contribution in [2.24, 2.45) is 0 Å². The summed E-state index contributed by atoms with van der Waals surface area (Å²) in [6.07, 6.45) is 4.17. The van der Waals surface area contributed by atoms with Crippen molar-refractivity contribution in [2.45, 2.75) is 45.2 Å². The van der Waals surface area contributed by atoms with E-state index in [1.165, 1.54) is 12.1 Å². The standard InChI is InChI=1S/C26H27FN4O2/c1-18-28-17-22(26(33)29-16-19-8-3-2-4-9-19)25(30-18)23-12-5-6-13-31(23)24(32)15-20-10-7-11-21(27)14-20/h2-4,7-11,14,17,23H,5-6,12-13,15-16H2,1H3,(H,29,33)/t23-/m0/s1. The molecule has 0 radical (unpaired) electrons. The molecule has 33 heavy (non-hydrogen) atoms. The number of hydrogen-bond acceptors (Lipinski definition) is 4. The molecule has 1 N–H and O–H groups in total. The molecule has 3 aromatic rings. The molecule has 0 unspecified atom stereocenters. The van der Waals surface area contributed by atoms with E-state index in [4.69, 9.17) is 0 Å². The maximum atomic E-state index is 13.6. The van der Waals surface area contributed by atoms with Gasteiger partial charge < -0.3 is 10.2 Å². The zero-order valence-electron chi connectivity index (χ0n) is 18.6. The second-order valence-corrected chi connectivity index (χ2v) is 8.29. The number of piperidine rings is 1. The molecule has 1 aliphatic heterocycles. The molecule has 2 heterocycles. The van der Waals surface area contributed by atoms with Crippen molar-refractivity contribution < 1.29 is 14.0 Å². The van der Waals surface area contributed by atoms with Crippen molar-refractivity contribution in [3.8, 4) is 0 Å². The Morgan fingerprint density at radius 2 is 1.88 bits per heavy atom. The Kier molecular flexibility index (Phi) is 7.07. The van der Waals surface area contributed by atoms with Gasteiger partial charge in [0, 0.05) is 19.3 Å². The summed E-state index contributed by atoms with van der Waals surface area (Å²) in [7, 11) is 0. The molecule has 7 heteroatoms. The largest absolute Gasteiger partial charge is 0.348 e. The average Bonchev–Trinajstić information content (AvgIpc) is 2.83. The Balaban J connectivity index is 1.57. The third-order valence-corrected chi connectivity index (χ3v) is 5.86. The minimum atomic E-state index is -0.362. The van der Waals surface area contributed by atoms with Crippen molar-refractivity contribution >= 4 is 11.8 Å². The number of aromatic nitrogens is 2. The van der Waals surface area contributed by atoms with Gasteiger partial charge in [0.1, 0.15) is 11.6 Å². The lowest BCUT2D eigenvalue weighted by atomic mass is 9.95. The summed E-state index contributed by atoms with van der Waals surface area (Å²) in [6, 6.07) is 15.4. The number of benzene rings is 2. The molecule has 1 atom stereocenters. The first kappa shape index (κ1) is 22.6. The number of aryl methyl sites for hydroxylation is 1. The van der Waals surface area contributed by atoms with Crippen LogP contribution in [0.4, 0.5) is 4.39 Å². The Labute approximate surface area is 192 Å². The summed E-state index contributed by atoms with van der Waals surface area (Å²) < 4.78 is 13.6. The first-order valence-corrected chi connectivity index (χ1v) is 11.2. The second kappa shape index (κ2) is 10.3. The molecule has 170 valence electrons. The predicted molar refractivity (Wildman–Crippen MR) is 123 cm³/mol. The van der Waals surface area contributed by atoms with E-state index in [-0.39, 0.29) is 30.1 Å². The number of hydrogen-bond donors (Lipinski definition) is 1. The van der Waals surface area contributed by atoms with E-state index in [2.05, 4.69) is 15.3 Å². The van der Waals surface area contributed by atoms with Gasteiger partial charge in [-0.2, -0.15) is 0 Å². The van der Waals surface area contributed by atoms with Crippen molar-refractivity contribution in [1.29, 1.82) is 0 Å². The van der Waals surface area contributed by atoms with Crippen LogP contribution >= 0.6 is 0 Å². The molecule has 2 amide bonds. The first-order valence-electron chi connectivity index (χ1n) is 11.2. The van der Waals surface area contributed by atoms with E-state index in [0.717, 1.165) is 18.4 Å². The number of carbonyl (C=O) groups is 2. The summed E-state index contributed by atoms with van der Waals surface area (Å²) in [5.41, 5.74) is 2.57. The molecule has 1 aromatic heterocycles. The lowest BCUT2D eigenvalue weighted by Crippen LogP contribution is -2.41. The van der Waals surface area contributed by atoms with Crippen LogP contribution in [0.15, 0.2) is 60.8 Å². The fourth-order valence-electron chi connectivity index (χ4n) is 4.23. The zero-order valence-corrected chi connectivity index (χ0v) is 18.6. The Morgan fingerprint density at radius 1 is 1.09 bits per heavy atom. The number of rotatable bonds is 6. The lowest BCUT2D eigenvalue weighted by Gasteiger charge is -2.36. The average molecular weight is 447 g/mol. The molecule has 0 spiro atoms. The van der Waals surface area contributed by atoms with Gasteiger partial charge >= 0.3 is 0 Å². The van der Waals surface area contributed by atoms with Crippen molar-refractivity contribution in [2.75, 3.05) is 6.54 Å². The van der Waals surface area contributed by atoms with E-state index in [9.17, 15) is 14.0 Å².